The molecule has 1 amide bonds. The highest BCUT2D eigenvalue weighted by atomic mass is 35.5. The summed E-state index contributed by atoms with van der Waals surface area (Å²) in [4.78, 5) is 24.0. The standard InChI is InChI=1S/C8H6N2O2.3ClH/c9-8(12)6-3-1-2-4-7(6)10-5-11;;;/h1-4H,(H2,9,12);3*1H. The zero-order valence-electron chi connectivity index (χ0n) is 7.38. The van der Waals surface area contributed by atoms with E-state index < -0.39 is 5.91 Å². The summed E-state index contributed by atoms with van der Waals surface area (Å²) in [7, 11) is 0. The summed E-state index contributed by atoms with van der Waals surface area (Å²) >= 11 is 0. The SMILES string of the molecule is Cl.Cl.Cl.NC(=O)c1ccccc1N=C=O. The van der Waals surface area contributed by atoms with Crippen molar-refractivity contribution in [2.24, 2.45) is 10.7 Å². The van der Waals surface area contributed by atoms with E-state index in [1.54, 1.807) is 12.1 Å². The van der Waals surface area contributed by atoms with Gasteiger partial charge in [-0.25, -0.2) is 4.79 Å². The Morgan fingerprint density at radius 3 is 2.20 bits per heavy atom. The highest BCUT2D eigenvalue weighted by Gasteiger charge is 2.04. The molecule has 0 heterocycles. The number of amides is 1. The van der Waals surface area contributed by atoms with Crippen LogP contribution in [0.2, 0.25) is 0 Å². The van der Waals surface area contributed by atoms with Gasteiger partial charge in [0, 0.05) is 0 Å². The van der Waals surface area contributed by atoms with E-state index in [1.165, 1.54) is 18.2 Å². The number of hydrogen-bond donors (Lipinski definition) is 1. The first kappa shape index (κ1) is 19.5. The number of nitrogens with zero attached hydrogens (tertiary/aromatic N) is 1. The largest absolute Gasteiger partial charge is 0.366 e. The van der Waals surface area contributed by atoms with Crippen molar-refractivity contribution in [3.8, 4) is 0 Å². The first-order valence-electron chi connectivity index (χ1n) is 3.22. The number of halogens is 3. The van der Waals surface area contributed by atoms with E-state index in [4.69, 9.17) is 5.73 Å². The number of nitrogens with two attached hydrogens (primary N) is 1. The van der Waals surface area contributed by atoms with Crippen molar-refractivity contribution in [1.29, 1.82) is 0 Å². The third-order valence-electron chi connectivity index (χ3n) is 1.34. The van der Waals surface area contributed by atoms with Gasteiger partial charge < -0.3 is 5.73 Å². The van der Waals surface area contributed by atoms with Crippen molar-refractivity contribution in [3.63, 3.8) is 0 Å². The third-order valence-corrected chi connectivity index (χ3v) is 1.34. The van der Waals surface area contributed by atoms with Crippen LogP contribution in [0.4, 0.5) is 5.69 Å². The van der Waals surface area contributed by atoms with Gasteiger partial charge in [-0.1, -0.05) is 12.1 Å². The average molecular weight is 272 g/mol. The van der Waals surface area contributed by atoms with Gasteiger partial charge in [-0.15, -0.1) is 37.2 Å². The molecule has 0 saturated heterocycles. The third kappa shape index (κ3) is 5.40. The lowest BCUT2D eigenvalue weighted by Crippen LogP contribution is -2.10. The second-order valence-corrected chi connectivity index (χ2v) is 2.08. The van der Waals surface area contributed by atoms with E-state index in [-0.39, 0.29) is 48.5 Å². The molecule has 0 spiro atoms. The minimum Gasteiger partial charge on any atom is -0.366 e. The fraction of sp³-hybridized carbons (Fsp3) is 0. The molecule has 0 aliphatic carbocycles. The topological polar surface area (TPSA) is 72.5 Å². The fourth-order valence-corrected chi connectivity index (χ4v) is 0.829. The normalized spacial score (nSPS) is 6.93. The number of rotatable bonds is 2. The van der Waals surface area contributed by atoms with Gasteiger partial charge in [-0.2, -0.15) is 4.99 Å². The van der Waals surface area contributed by atoms with Crippen LogP contribution in [0.15, 0.2) is 29.3 Å². The average Bonchev–Trinajstić information content (AvgIpc) is 2.05. The first-order valence-corrected chi connectivity index (χ1v) is 3.22. The lowest BCUT2D eigenvalue weighted by molar-refractivity contribution is 0.100. The van der Waals surface area contributed by atoms with Gasteiger partial charge in [-0.3, -0.25) is 4.79 Å². The van der Waals surface area contributed by atoms with Gasteiger partial charge in [0.15, 0.2) is 0 Å². The van der Waals surface area contributed by atoms with Crippen LogP contribution in [-0.2, 0) is 4.79 Å². The second kappa shape index (κ2) is 9.49. The van der Waals surface area contributed by atoms with Gasteiger partial charge in [-0.05, 0) is 12.1 Å². The lowest BCUT2D eigenvalue weighted by Gasteiger charge is -1.96. The molecule has 0 aliphatic heterocycles. The van der Waals surface area contributed by atoms with Crippen LogP contribution in [0.1, 0.15) is 10.4 Å². The van der Waals surface area contributed by atoms with E-state index in [0.29, 0.717) is 0 Å². The Morgan fingerprint density at radius 1 is 1.20 bits per heavy atom. The molecular weight excluding hydrogens is 262 g/mol. The molecule has 84 valence electrons. The van der Waals surface area contributed by atoms with Crippen molar-refractivity contribution in [3.05, 3.63) is 29.8 Å². The lowest BCUT2D eigenvalue weighted by atomic mass is 10.2. The van der Waals surface area contributed by atoms with E-state index in [9.17, 15) is 9.59 Å². The number of hydrogen-bond acceptors (Lipinski definition) is 3. The Labute approximate surface area is 105 Å². The second-order valence-electron chi connectivity index (χ2n) is 2.08. The minimum absolute atomic E-state index is 0. The summed E-state index contributed by atoms with van der Waals surface area (Å²) in [6.45, 7) is 0. The minimum atomic E-state index is -0.607. The molecule has 0 aliphatic rings. The summed E-state index contributed by atoms with van der Waals surface area (Å²) in [5.41, 5.74) is 5.49. The molecule has 4 nitrogen and oxygen atoms in total. The predicted octanol–water partition coefficient (Wildman–Crippen LogP) is 2.02. The summed E-state index contributed by atoms with van der Waals surface area (Å²) in [5, 5.41) is 0. The van der Waals surface area contributed by atoms with Gasteiger partial charge in [0.25, 0.3) is 5.91 Å². The Hall–Kier alpha value is -1.06. The molecule has 2 N–H and O–H groups in total. The molecule has 1 aromatic rings. The molecule has 0 aromatic heterocycles. The van der Waals surface area contributed by atoms with Crippen LogP contribution in [0.5, 0.6) is 0 Å². The van der Waals surface area contributed by atoms with Gasteiger partial charge >= 0.3 is 0 Å². The zero-order valence-corrected chi connectivity index (χ0v) is 9.82. The zero-order chi connectivity index (χ0) is 8.97. The molecule has 1 rings (SSSR count). The molecule has 0 unspecified atom stereocenters. The van der Waals surface area contributed by atoms with Crippen LogP contribution < -0.4 is 5.73 Å². The van der Waals surface area contributed by atoms with Crippen molar-refractivity contribution >= 4 is 54.9 Å². The maximum absolute atomic E-state index is 10.7. The van der Waals surface area contributed by atoms with Gasteiger partial charge in [0.05, 0.1) is 11.3 Å². The van der Waals surface area contributed by atoms with Crippen molar-refractivity contribution in [2.75, 3.05) is 0 Å². The maximum Gasteiger partial charge on any atom is 0.250 e. The van der Waals surface area contributed by atoms with Crippen LogP contribution in [0, 0.1) is 0 Å². The summed E-state index contributed by atoms with van der Waals surface area (Å²) < 4.78 is 0. The highest BCUT2D eigenvalue weighted by Crippen LogP contribution is 2.16. The van der Waals surface area contributed by atoms with E-state index in [1.807, 2.05) is 0 Å². The molecule has 7 heteroatoms. The quantitative estimate of drug-likeness (QED) is 0.660. The van der Waals surface area contributed by atoms with Crippen LogP contribution in [0.3, 0.4) is 0 Å². The Bertz CT molecular complexity index is 344. The van der Waals surface area contributed by atoms with Gasteiger partial charge in [0.2, 0.25) is 6.08 Å². The highest BCUT2D eigenvalue weighted by molar-refractivity contribution is 5.98. The fourth-order valence-electron chi connectivity index (χ4n) is 0.829. The summed E-state index contributed by atoms with van der Waals surface area (Å²) in [5.74, 6) is -0.607. The number of para-hydroxylation sites is 1. The van der Waals surface area contributed by atoms with E-state index in [0.717, 1.165) is 0 Å². The molecule has 0 fully saturated rings. The number of aliphatic imine (C=N–C) groups is 1. The molecule has 0 bridgehead atoms. The summed E-state index contributed by atoms with van der Waals surface area (Å²) in [6.07, 6.45) is 1.35. The van der Waals surface area contributed by atoms with Crippen LogP contribution in [0.25, 0.3) is 0 Å². The number of benzene rings is 1. The molecule has 0 radical (unpaired) electrons. The van der Waals surface area contributed by atoms with Crippen molar-refractivity contribution in [2.45, 2.75) is 0 Å². The van der Waals surface area contributed by atoms with Crippen LogP contribution >= 0.6 is 37.2 Å². The maximum atomic E-state index is 10.7. The van der Waals surface area contributed by atoms with Crippen molar-refractivity contribution in [1.82, 2.24) is 0 Å². The summed E-state index contributed by atoms with van der Waals surface area (Å²) in [6, 6.07) is 6.32. The van der Waals surface area contributed by atoms with Crippen molar-refractivity contribution < 1.29 is 9.59 Å². The van der Waals surface area contributed by atoms with E-state index in [2.05, 4.69) is 4.99 Å². The number of carbonyl (C=O) groups excluding carboxylic acids is 2. The predicted molar refractivity (Wildman–Crippen MR) is 64.5 cm³/mol. The number of carbonyl (C=O) groups is 1. The molecule has 1 aromatic carbocycles. The molecule has 0 saturated carbocycles. The Balaban J connectivity index is -0.000000480. The Morgan fingerprint density at radius 2 is 1.73 bits per heavy atom. The number of primary amides is 1. The smallest absolute Gasteiger partial charge is 0.250 e. The number of isocyanates is 1. The van der Waals surface area contributed by atoms with Crippen LogP contribution in [-0.4, -0.2) is 12.0 Å². The molecular formula is C8H9Cl3N2O2. The molecule has 0 atom stereocenters. The van der Waals surface area contributed by atoms with Gasteiger partial charge in [0.1, 0.15) is 0 Å². The Kier molecular flexibility index (Phi) is 12.3. The molecule has 15 heavy (non-hydrogen) atoms. The van der Waals surface area contributed by atoms with E-state index >= 15 is 0 Å². The first-order chi connectivity index (χ1) is 5.75. The monoisotopic (exact) mass is 270 g/mol.